The monoisotopic (exact) mass is 250 g/mol. The lowest BCUT2D eigenvalue weighted by molar-refractivity contribution is -0.139. The van der Waals surface area contributed by atoms with Gasteiger partial charge < -0.3 is 9.47 Å². The number of hydrogen-bond acceptors (Lipinski definition) is 4. The average Bonchev–Trinajstić information content (AvgIpc) is 2.40. The van der Waals surface area contributed by atoms with E-state index in [0.717, 1.165) is 0 Å². The summed E-state index contributed by atoms with van der Waals surface area (Å²) in [5, 5.41) is 0. The summed E-state index contributed by atoms with van der Waals surface area (Å²) in [7, 11) is 1.47. The minimum absolute atomic E-state index is 0.158. The van der Waals surface area contributed by atoms with Crippen LogP contribution in [0.1, 0.15) is 37.0 Å². The highest BCUT2D eigenvalue weighted by Crippen LogP contribution is 2.31. The largest absolute Gasteiger partial charge is 0.493 e. The second-order valence-electron chi connectivity index (χ2n) is 3.93. The number of hydrogen-bond donors (Lipinski definition) is 0. The van der Waals surface area contributed by atoms with E-state index in [4.69, 9.17) is 9.47 Å². The molecule has 0 aliphatic carbocycles. The van der Waals surface area contributed by atoms with Crippen LogP contribution in [0.3, 0.4) is 0 Å². The molecule has 0 saturated carbocycles. The summed E-state index contributed by atoms with van der Waals surface area (Å²) in [6.45, 7) is 3.86. The lowest BCUT2D eigenvalue weighted by Gasteiger charge is -2.14. The fourth-order valence-electron chi connectivity index (χ4n) is 1.70. The lowest BCUT2D eigenvalue weighted by atomic mass is 10.0. The fraction of sp³-hybridized carbons (Fsp3) is 0.429. The minimum atomic E-state index is -0.326. The zero-order valence-electron chi connectivity index (χ0n) is 10.9. The van der Waals surface area contributed by atoms with Gasteiger partial charge in [0, 0.05) is 0 Å². The van der Waals surface area contributed by atoms with Gasteiger partial charge in [0.05, 0.1) is 18.6 Å². The Morgan fingerprint density at radius 1 is 1.33 bits per heavy atom. The summed E-state index contributed by atoms with van der Waals surface area (Å²) in [6.07, 6.45) is 2.07. The molecule has 0 spiro atoms. The SMILES string of the molecule is CCC(CC)C(=O)Oc1c(C=O)cccc1OC. The van der Waals surface area contributed by atoms with Crippen molar-refractivity contribution in [1.29, 1.82) is 0 Å². The van der Waals surface area contributed by atoms with E-state index in [9.17, 15) is 9.59 Å². The number of carbonyl (C=O) groups excluding carboxylic acids is 2. The first-order valence-electron chi connectivity index (χ1n) is 6.01. The highest BCUT2D eigenvalue weighted by molar-refractivity contribution is 5.84. The third kappa shape index (κ3) is 3.09. The molecular formula is C14H18O4. The van der Waals surface area contributed by atoms with Crippen molar-refractivity contribution in [2.75, 3.05) is 7.11 Å². The number of methoxy groups -OCH3 is 1. The molecule has 0 N–H and O–H groups in total. The zero-order valence-corrected chi connectivity index (χ0v) is 10.9. The first-order chi connectivity index (χ1) is 8.67. The van der Waals surface area contributed by atoms with E-state index in [1.807, 2.05) is 13.8 Å². The van der Waals surface area contributed by atoms with Crippen LogP contribution in [0.4, 0.5) is 0 Å². The van der Waals surface area contributed by atoms with Crippen molar-refractivity contribution in [3.63, 3.8) is 0 Å². The molecule has 0 fully saturated rings. The van der Waals surface area contributed by atoms with Gasteiger partial charge in [-0.3, -0.25) is 9.59 Å². The van der Waals surface area contributed by atoms with Gasteiger partial charge in [-0.2, -0.15) is 0 Å². The Hall–Kier alpha value is -1.84. The topological polar surface area (TPSA) is 52.6 Å². The van der Waals surface area contributed by atoms with Crippen molar-refractivity contribution < 1.29 is 19.1 Å². The zero-order chi connectivity index (χ0) is 13.5. The normalized spacial score (nSPS) is 10.2. The molecule has 1 rings (SSSR count). The second kappa shape index (κ2) is 6.79. The van der Waals surface area contributed by atoms with Gasteiger partial charge in [0.1, 0.15) is 0 Å². The summed E-state index contributed by atoms with van der Waals surface area (Å²) in [4.78, 5) is 22.9. The van der Waals surface area contributed by atoms with Crippen molar-refractivity contribution in [2.45, 2.75) is 26.7 Å². The van der Waals surface area contributed by atoms with Crippen LogP contribution in [0.15, 0.2) is 18.2 Å². The Balaban J connectivity index is 3.02. The van der Waals surface area contributed by atoms with E-state index in [-0.39, 0.29) is 17.6 Å². The molecule has 1 aromatic rings. The standard InChI is InChI=1S/C14H18O4/c1-4-10(5-2)14(16)18-13-11(9-15)7-6-8-12(13)17-3/h6-10H,4-5H2,1-3H3. The minimum Gasteiger partial charge on any atom is -0.493 e. The number of benzene rings is 1. The van der Waals surface area contributed by atoms with Gasteiger partial charge >= 0.3 is 5.97 Å². The van der Waals surface area contributed by atoms with Gasteiger partial charge in [-0.05, 0) is 25.0 Å². The number of para-hydroxylation sites is 1. The van der Waals surface area contributed by atoms with Gasteiger partial charge in [-0.15, -0.1) is 0 Å². The Kier molecular flexibility index (Phi) is 5.36. The summed E-state index contributed by atoms with van der Waals surface area (Å²) in [5.74, 6) is 0.104. The van der Waals surface area contributed by atoms with Crippen molar-refractivity contribution in [3.05, 3.63) is 23.8 Å². The van der Waals surface area contributed by atoms with Crippen LogP contribution in [-0.4, -0.2) is 19.4 Å². The molecule has 98 valence electrons. The van der Waals surface area contributed by atoms with Gasteiger partial charge in [-0.25, -0.2) is 0 Å². The number of aldehydes is 1. The summed E-state index contributed by atoms with van der Waals surface area (Å²) < 4.78 is 10.4. The molecule has 4 heteroatoms. The van der Waals surface area contributed by atoms with E-state index in [1.165, 1.54) is 7.11 Å². The molecular weight excluding hydrogens is 232 g/mol. The van der Waals surface area contributed by atoms with Crippen LogP contribution < -0.4 is 9.47 Å². The fourth-order valence-corrected chi connectivity index (χ4v) is 1.70. The highest BCUT2D eigenvalue weighted by Gasteiger charge is 2.20. The number of carbonyl (C=O) groups is 2. The van der Waals surface area contributed by atoms with Gasteiger partial charge in [0.15, 0.2) is 17.8 Å². The maximum Gasteiger partial charge on any atom is 0.314 e. The van der Waals surface area contributed by atoms with Crippen molar-refractivity contribution in [1.82, 2.24) is 0 Å². The number of ether oxygens (including phenoxy) is 2. The lowest BCUT2D eigenvalue weighted by Crippen LogP contribution is -2.20. The quantitative estimate of drug-likeness (QED) is 0.442. The van der Waals surface area contributed by atoms with E-state index in [0.29, 0.717) is 30.4 Å². The van der Waals surface area contributed by atoms with Gasteiger partial charge in [-0.1, -0.05) is 19.9 Å². The van der Waals surface area contributed by atoms with Crippen LogP contribution in [0.2, 0.25) is 0 Å². The second-order valence-corrected chi connectivity index (χ2v) is 3.93. The summed E-state index contributed by atoms with van der Waals surface area (Å²) in [6, 6.07) is 4.92. The predicted molar refractivity (Wildman–Crippen MR) is 68.1 cm³/mol. The Morgan fingerprint density at radius 3 is 2.50 bits per heavy atom. The third-order valence-electron chi connectivity index (χ3n) is 2.88. The first-order valence-corrected chi connectivity index (χ1v) is 6.01. The predicted octanol–water partition coefficient (Wildman–Crippen LogP) is 2.85. The van der Waals surface area contributed by atoms with Crippen LogP contribution in [0.5, 0.6) is 11.5 Å². The maximum absolute atomic E-state index is 11.9. The molecule has 0 aliphatic rings. The first kappa shape index (κ1) is 14.2. The molecule has 0 bridgehead atoms. The smallest absolute Gasteiger partial charge is 0.314 e. The molecule has 0 unspecified atom stereocenters. The molecule has 0 aliphatic heterocycles. The molecule has 18 heavy (non-hydrogen) atoms. The molecule has 0 heterocycles. The van der Waals surface area contributed by atoms with E-state index in [1.54, 1.807) is 18.2 Å². The van der Waals surface area contributed by atoms with Crippen molar-refractivity contribution in [2.24, 2.45) is 5.92 Å². The molecule has 0 aromatic heterocycles. The van der Waals surface area contributed by atoms with Crippen molar-refractivity contribution in [3.8, 4) is 11.5 Å². The Morgan fingerprint density at radius 2 is 2.00 bits per heavy atom. The number of rotatable bonds is 6. The average molecular weight is 250 g/mol. The van der Waals surface area contributed by atoms with Crippen LogP contribution in [0, 0.1) is 5.92 Å². The van der Waals surface area contributed by atoms with Crippen LogP contribution in [0.25, 0.3) is 0 Å². The highest BCUT2D eigenvalue weighted by atomic mass is 16.6. The molecule has 1 aromatic carbocycles. The molecule has 0 atom stereocenters. The Labute approximate surface area is 107 Å². The summed E-state index contributed by atoms with van der Waals surface area (Å²) >= 11 is 0. The van der Waals surface area contributed by atoms with Gasteiger partial charge in [0.25, 0.3) is 0 Å². The van der Waals surface area contributed by atoms with Crippen LogP contribution >= 0.6 is 0 Å². The molecule has 0 radical (unpaired) electrons. The van der Waals surface area contributed by atoms with Gasteiger partial charge in [0.2, 0.25) is 0 Å². The van der Waals surface area contributed by atoms with E-state index >= 15 is 0 Å². The van der Waals surface area contributed by atoms with E-state index in [2.05, 4.69) is 0 Å². The maximum atomic E-state index is 11.9. The van der Waals surface area contributed by atoms with Crippen LogP contribution in [-0.2, 0) is 4.79 Å². The molecule has 0 saturated heterocycles. The molecule has 0 amide bonds. The number of esters is 1. The Bertz CT molecular complexity index is 422. The molecule has 4 nitrogen and oxygen atoms in total. The van der Waals surface area contributed by atoms with E-state index < -0.39 is 0 Å². The third-order valence-corrected chi connectivity index (χ3v) is 2.88. The van der Waals surface area contributed by atoms with Crippen molar-refractivity contribution >= 4 is 12.3 Å². The summed E-state index contributed by atoms with van der Waals surface area (Å²) in [5.41, 5.74) is 0.314.